The summed E-state index contributed by atoms with van der Waals surface area (Å²) in [4.78, 5) is 13.9. The zero-order valence-electron chi connectivity index (χ0n) is 12.8. The van der Waals surface area contributed by atoms with Crippen LogP contribution >= 0.6 is 15.9 Å². The fraction of sp³-hybridized carbons (Fsp3) is 0.235. The fourth-order valence-electron chi connectivity index (χ4n) is 2.29. The van der Waals surface area contributed by atoms with Gasteiger partial charge in [0.15, 0.2) is 0 Å². The lowest BCUT2D eigenvalue weighted by Crippen LogP contribution is -2.35. The Morgan fingerprint density at radius 1 is 1.17 bits per heavy atom. The van der Waals surface area contributed by atoms with E-state index in [0.717, 1.165) is 4.47 Å². The van der Waals surface area contributed by atoms with Gasteiger partial charge in [-0.1, -0.05) is 28.1 Å². The normalized spacial score (nSPS) is 12.3. The minimum absolute atomic E-state index is 0.0490. The number of carbonyl (C=O) groups excluding carboxylic acids is 1. The molecule has 122 valence electrons. The second kappa shape index (κ2) is 7.66. The number of nitrogens with zero attached hydrogens (tertiary/aromatic N) is 1. The minimum Gasteiger partial charge on any atom is -0.350 e. The lowest BCUT2D eigenvalue weighted by atomic mass is 10.0. The standard InChI is InChI=1S/C17H17BrF2N2O/c1-22(2)15(16-13(19)7-4-8-14(16)20)10-21-17(23)11-5-3-6-12(18)9-11/h3-9,15H,10H2,1-2H3,(H,21,23). The largest absolute Gasteiger partial charge is 0.350 e. The minimum atomic E-state index is -0.625. The molecule has 1 N–H and O–H groups in total. The van der Waals surface area contributed by atoms with E-state index in [1.54, 1.807) is 37.2 Å². The van der Waals surface area contributed by atoms with Crippen LogP contribution in [0.4, 0.5) is 8.78 Å². The Kier molecular flexibility index (Phi) is 5.85. The van der Waals surface area contributed by atoms with E-state index < -0.39 is 17.7 Å². The summed E-state index contributed by atoms with van der Waals surface area (Å²) in [5.41, 5.74) is 0.429. The molecule has 2 rings (SSSR count). The summed E-state index contributed by atoms with van der Waals surface area (Å²) in [6, 6.07) is 10.1. The van der Waals surface area contributed by atoms with Gasteiger partial charge >= 0.3 is 0 Å². The second-order valence-corrected chi connectivity index (χ2v) is 6.25. The highest BCUT2D eigenvalue weighted by Gasteiger charge is 2.22. The van der Waals surface area contributed by atoms with Crippen molar-refractivity contribution in [2.45, 2.75) is 6.04 Å². The molecular weight excluding hydrogens is 366 g/mol. The summed E-state index contributed by atoms with van der Waals surface area (Å²) < 4.78 is 28.7. The first-order valence-electron chi connectivity index (χ1n) is 7.04. The molecule has 0 bridgehead atoms. The number of hydrogen-bond donors (Lipinski definition) is 1. The van der Waals surface area contributed by atoms with Gasteiger partial charge < -0.3 is 10.2 Å². The SMILES string of the molecule is CN(C)C(CNC(=O)c1cccc(Br)c1)c1c(F)cccc1F. The Labute approximate surface area is 142 Å². The summed E-state index contributed by atoms with van der Waals surface area (Å²) >= 11 is 3.30. The molecule has 6 heteroatoms. The van der Waals surface area contributed by atoms with E-state index in [1.807, 2.05) is 6.07 Å². The smallest absolute Gasteiger partial charge is 0.251 e. The topological polar surface area (TPSA) is 32.3 Å². The van der Waals surface area contributed by atoms with Crippen molar-refractivity contribution in [3.63, 3.8) is 0 Å². The Bertz CT molecular complexity index is 686. The van der Waals surface area contributed by atoms with Crippen LogP contribution in [-0.2, 0) is 0 Å². The van der Waals surface area contributed by atoms with Gasteiger partial charge in [0, 0.05) is 22.1 Å². The molecule has 0 heterocycles. The van der Waals surface area contributed by atoms with Crippen molar-refractivity contribution < 1.29 is 13.6 Å². The molecule has 2 aromatic carbocycles. The van der Waals surface area contributed by atoms with Crippen molar-refractivity contribution >= 4 is 21.8 Å². The maximum Gasteiger partial charge on any atom is 0.251 e. The highest BCUT2D eigenvalue weighted by Crippen LogP contribution is 2.24. The van der Waals surface area contributed by atoms with E-state index in [1.165, 1.54) is 18.2 Å². The predicted octanol–water partition coefficient (Wildman–Crippen LogP) is 3.76. The molecule has 23 heavy (non-hydrogen) atoms. The molecule has 0 aliphatic carbocycles. The zero-order valence-corrected chi connectivity index (χ0v) is 14.4. The summed E-state index contributed by atoms with van der Waals surface area (Å²) in [5.74, 6) is -1.55. The number of benzene rings is 2. The van der Waals surface area contributed by atoms with Crippen molar-refractivity contribution in [2.75, 3.05) is 20.6 Å². The van der Waals surface area contributed by atoms with Gasteiger partial charge in [0.05, 0.1) is 6.04 Å². The van der Waals surface area contributed by atoms with Crippen LogP contribution in [0.25, 0.3) is 0 Å². The Balaban J connectivity index is 2.16. The highest BCUT2D eigenvalue weighted by molar-refractivity contribution is 9.10. The van der Waals surface area contributed by atoms with Crippen LogP contribution in [0, 0.1) is 11.6 Å². The quantitative estimate of drug-likeness (QED) is 0.853. The molecule has 0 aliphatic rings. The van der Waals surface area contributed by atoms with Crippen LogP contribution < -0.4 is 5.32 Å². The van der Waals surface area contributed by atoms with Gasteiger partial charge in [-0.05, 0) is 44.4 Å². The summed E-state index contributed by atoms with van der Waals surface area (Å²) in [7, 11) is 3.42. The number of amides is 1. The average Bonchev–Trinajstić information content (AvgIpc) is 2.49. The maximum atomic E-state index is 14.0. The molecule has 0 aromatic heterocycles. The van der Waals surface area contributed by atoms with Crippen LogP contribution in [0.15, 0.2) is 46.9 Å². The van der Waals surface area contributed by atoms with Crippen molar-refractivity contribution in [1.82, 2.24) is 10.2 Å². The van der Waals surface area contributed by atoms with E-state index >= 15 is 0 Å². The first-order valence-corrected chi connectivity index (χ1v) is 7.83. The van der Waals surface area contributed by atoms with Crippen LogP contribution in [0.5, 0.6) is 0 Å². The van der Waals surface area contributed by atoms with Gasteiger partial charge in [-0.25, -0.2) is 8.78 Å². The number of nitrogens with one attached hydrogen (secondary N) is 1. The third-order valence-corrected chi connectivity index (χ3v) is 3.99. The molecule has 0 spiro atoms. The molecule has 1 atom stereocenters. The second-order valence-electron chi connectivity index (χ2n) is 5.34. The monoisotopic (exact) mass is 382 g/mol. The molecule has 0 fully saturated rings. The van der Waals surface area contributed by atoms with Crippen LogP contribution in [0.3, 0.4) is 0 Å². The maximum absolute atomic E-state index is 14.0. The van der Waals surface area contributed by atoms with Crippen molar-refractivity contribution in [1.29, 1.82) is 0 Å². The van der Waals surface area contributed by atoms with Gasteiger partial charge in [0.1, 0.15) is 11.6 Å². The summed E-state index contributed by atoms with van der Waals surface area (Å²) in [6.07, 6.45) is 0. The van der Waals surface area contributed by atoms with E-state index in [9.17, 15) is 13.6 Å². The fourth-order valence-corrected chi connectivity index (χ4v) is 2.69. The summed E-state index contributed by atoms with van der Waals surface area (Å²) in [6.45, 7) is 0.0935. The average molecular weight is 383 g/mol. The predicted molar refractivity (Wildman–Crippen MR) is 89.3 cm³/mol. The van der Waals surface area contributed by atoms with Crippen molar-refractivity contribution in [2.24, 2.45) is 0 Å². The lowest BCUT2D eigenvalue weighted by molar-refractivity contribution is 0.0940. The van der Waals surface area contributed by atoms with E-state index in [2.05, 4.69) is 21.2 Å². The van der Waals surface area contributed by atoms with E-state index in [-0.39, 0.29) is 18.0 Å². The molecule has 1 amide bonds. The number of hydrogen-bond acceptors (Lipinski definition) is 2. The van der Waals surface area contributed by atoms with Crippen molar-refractivity contribution in [3.8, 4) is 0 Å². The number of halogens is 3. The molecule has 0 aliphatic heterocycles. The van der Waals surface area contributed by atoms with E-state index in [0.29, 0.717) is 5.56 Å². The number of carbonyl (C=O) groups is 1. The number of likely N-dealkylation sites (N-methyl/N-ethyl adjacent to an activating group) is 1. The lowest BCUT2D eigenvalue weighted by Gasteiger charge is -2.25. The highest BCUT2D eigenvalue weighted by atomic mass is 79.9. The Hall–Kier alpha value is -1.79. The molecule has 3 nitrogen and oxygen atoms in total. The van der Waals surface area contributed by atoms with Gasteiger partial charge in [-0.3, -0.25) is 4.79 Å². The molecular formula is C17H17BrF2N2O. The third-order valence-electron chi connectivity index (χ3n) is 3.50. The molecule has 0 saturated heterocycles. The first kappa shape index (κ1) is 17.6. The molecule has 1 unspecified atom stereocenters. The molecule has 2 aromatic rings. The third kappa shape index (κ3) is 4.36. The zero-order chi connectivity index (χ0) is 17.0. The van der Waals surface area contributed by atoms with Gasteiger partial charge in [-0.15, -0.1) is 0 Å². The van der Waals surface area contributed by atoms with Crippen LogP contribution in [-0.4, -0.2) is 31.4 Å². The molecule has 0 saturated carbocycles. The number of rotatable bonds is 5. The Morgan fingerprint density at radius 3 is 2.35 bits per heavy atom. The molecule has 0 radical (unpaired) electrons. The first-order chi connectivity index (χ1) is 10.9. The summed E-state index contributed by atoms with van der Waals surface area (Å²) in [5, 5.41) is 2.73. The Morgan fingerprint density at radius 2 is 1.78 bits per heavy atom. The van der Waals surface area contributed by atoms with Gasteiger partial charge in [-0.2, -0.15) is 0 Å². The van der Waals surface area contributed by atoms with Crippen LogP contribution in [0.2, 0.25) is 0 Å². The van der Waals surface area contributed by atoms with Gasteiger partial charge in [0.2, 0.25) is 0 Å². The van der Waals surface area contributed by atoms with E-state index in [4.69, 9.17) is 0 Å². The van der Waals surface area contributed by atoms with Crippen LogP contribution in [0.1, 0.15) is 22.0 Å². The van der Waals surface area contributed by atoms with Crippen molar-refractivity contribution in [3.05, 3.63) is 69.7 Å². The van der Waals surface area contributed by atoms with Gasteiger partial charge in [0.25, 0.3) is 5.91 Å².